The lowest BCUT2D eigenvalue weighted by molar-refractivity contribution is 0.224. The molecule has 8 heteroatoms. The molecule has 5 rings (SSSR count). The fraction of sp³-hybridized carbons (Fsp3) is 0.185. The van der Waals surface area contributed by atoms with Gasteiger partial charge in [0.05, 0.1) is 10.9 Å². The molecule has 0 amide bonds. The minimum absolute atomic E-state index is 0.133. The summed E-state index contributed by atoms with van der Waals surface area (Å²) in [4.78, 5) is 17.0. The van der Waals surface area contributed by atoms with Gasteiger partial charge in [0.1, 0.15) is 23.5 Å². The molecule has 0 N–H and O–H groups in total. The maximum absolute atomic E-state index is 13.5. The molecule has 35 heavy (non-hydrogen) atoms. The standard InChI is InChI=1S/C27H21FN4O3/c1-14-9-19(16(3)34-23-7-8-24(28)30-22(23)12-29)27-20(10-14)25(33)15(2)26(35-27)17-5-6-21-18(11-17)13-32(4)31-21/h5-11,13,16H,1-4H3/t16-/m1/s1. The summed E-state index contributed by atoms with van der Waals surface area (Å²) in [6, 6.07) is 13.7. The van der Waals surface area contributed by atoms with Crippen molar-refractivity contribution in [1.29, 1.82) is 5.26 Å². The lowest BCUT2D eigenvalue weighted by Crippen LogP contribution is -2.12. The van der Waals surface area contributed by atoms with E-state index in [4.69, 9.17) is 9.15 Å². The van der Waals surface area contributed by atoms with Crippen LogP contribution in [0.25, 0.3) is 33.2 Å². The molecular weight excluding hydrogens is 447 g/mol. The number of fused-ring (bicyclic) bond motifs is 2. The molecule has 7 nitrogen and oxygen atoms in total. The minimum Gasteiger partial charge on any atom is -0.483 e. The average molecular weight is 468 g/mol. The largest absolute Gasteiger partial charge is 0.483 e. The van der Waals surface area contributed by atoms with Crippen molar-refractivity contribution in [3.05, 3.63) is 87.2 Å². The van der Waals surface area contributed by atoms with Gasteiger partial charge in [-0.2, -0.15) is 14.8 Å². The third-order valence-electron chi connectivity index (χ3n) is 5.94. The normalized spacial score (nSPS) is 12.1. The van der Waals surface area contributed by atoms with Crippen LogP contribution >= 0.6 is 0 Å². The Morgan fingerprint density at radius 1 is 1.17 bits per heavy atom. The van der Waals surface area contributed by atoms with Gasteiger partial charge in [0.2, 0.25) is 5.95 Å². The quantitative estimate of drug-likeness (QED) is 0.323. The summed E-state index contributed by atoms with van der Waals surface area (Å²) in [5.74, 6) is -0.154. The highest BCUT2D eigenvalue weighted by molar-refractivity contribution is 5.87. The molecule has 0 saturated carbocycles. The SMILES string of the molecule is Cc1cc([C@@H](C)Oc2ccc(F)nc2C#N)c2oc(-c3ccc4nn(C)cc4c3)c(C)c(=O)c2c1. The maximum Gasteiger partial charge on any atom is 0.214 e. The van der Waals surface area contributed by atoms with Crippen LogP contribution in [-0.4, -0.2) is 14.8 Å². The van der Waals surface area contributed by atoms with Crippen molar-refractivity contribution in [2.45, 2.75) is 26.9 Å². The molecule has 0 aliphatic heterocycles. The number of pyridine rings is 1. The zero-order chi connectivity index (χ0) is 24.9. The number of hydrogen-bond donors (Lipinski definition) is 0. The molecule has 2 aromatic carbocycles. The van der Waals surface area contributed by atoms with Crippen molar-refractivity contribution in [3.8, 4) is 23.1 Å². The highest BCUT2D eigenvalue weighted by Crippen LogP contribution is 2.34. The lowest BCUT2D eigenvalue weighted by atomic mass is 9.99. The summed E-state index contributed by atoms with van der Waals surface area (Å²) < 4.78 is 27.6. The second-order valence-electron chi connectivity index (χ2n) is 8.55. The number of ether oxygens (including phenoxy) is 1. The van der Waals surface area contributed by atoms with Crippen LogP contribution in [0.4, 0.5) is 4.39 Å². The van der Waals surface area contributed by atoms with Gasteiger partial charge in [0.25, 0.3) is 0 Å². The topological polar surface area (TPSA) is 93.9 Å². The monoisotopic (exact) mass is 468 g/mol. The Labute approximate surface area is 200 Å². The van der Waals surface area contributed by atoms with E-state index in [9.17, 15) is 14.4 Å². The zero-order valence-electron chi connectivity index (χ0n) is 19.6. The molecule has 3 aromatic heterocycles. The van der Waals surface area contributed by atoms with Crippen LogP contribution in [0.3, 0.4) is 0 Å². The predicted octanol–water partition coefficient (Wildman–Crippen LogP) is 5.51. The minimum atomic E-state index is -0.765. The van der Waals surface area contributed by atoms with E-state index in [0.29, 0.717) is 27.9 Å². The molecule has 5 aromatic rings. The molecule has 174 valence electrons. The van der Waals surface area contributed by atoms with Crippen molar-refractivity contribution in [3.63, 3.8) is 0 Å². The average Bonchev–Trinajstić information content (AvgIpc) is 3.21. The van der Waals surface area contributed by atoms with Gasteiger partial charge < -0.3 is 9.15 Å². The van der Waals surface area contributed by atoms with Crippen LogP contribution < -0.4 is 10.2 Å². The molecule has 1 atom stereocenters. The van der Waals surface area contributed by atoms with Crippen LogP contribution in [0.5, 0.6) is 5.75 Å². The number of nitrogens with zero attached hydrogens (tertiary/aromatic N) is 4. The van der Waals surface area contributed by atoms with Gasteiger partial charge in [-0.3, -0.25) is 9.48 Å². The van der Waals surface area contributed by atoms with E-state index in [1.807, 2.05) is 50.5 Å². The first-order valence-electron chi connectivity index (χ1n) is 11.0. The first-order valence-corrected chi connectivity index (χ1v) is 11.0. The Balaban J connectivity index is 1.68. The third-order valence-corrected chi connectivity index (χ3v) is 5.94. The molecule has 0 unspecified atom stereocenters. The first kappa shape index (κ1) is 22.3. The van der Waals surface area contributed by atoms with Gasteiger partial charge in [-0.05, 0) is 68.8 Å². The number of aryl methyl sites for hydroxylation is 2. The number of nitriles is 1. The fourth-order valence-corrected chi connectivity index (χ4v) is 4.29. The van der Waals surface area contributed by atoms with Crippen LogP contribution in [0.15, 0.2) is 57.9 Å². The Kier molecular flexibility index (Phi) is 5.33. The molecule has 3 heterocycles. The van der Waals surface area contributed by atoms with E-state index in [1.165, 1.54) is 6.07 Å². The maximum atomic E-state index is 13.5. The van der Waals surface area contributed by atoms with Crippen molar-refractivity contribution in [2.24, 2.45) is 7.05 Å². The van der Waals surface area contributed by atoms with Gasteiger partial charge in [-0.25, -0.2) is 4.98 Å². The highest BCUT2D eigenvalue weighted by Gasteiger charge is 2.21. The first-order chi connectivity index (χ1) is 16.7. The van der Waals surface area contributed by atoms with Crippen LogP contribution in [0.2, 0.25) is 0 Å². The van der Waals surface area contributed by atoms with Crippen LogP contribution in [0.1, 0.15) is 35.4 Å². The summed E-state index contributed by atoms with van der Waals surface area (Å²) in [6.07, 6.45) is 1.29. The number of aromatic nitrogens is 3. The van der Waals surface area contributed by atoms with Crippen molar-refractivity contribution < 1.29 is 13.5 Å². The molecule has 0 aliphatic carbocycles. The molecule has 0 radical (unpaired) electrons. The van der Waals surface area contributed by atoms with E-state index in [1.54, 1.807) is 24.6 Å². The number of benzene rings is 2. The fourth-order valence-electron chi connectivity index (χ4n) is 4.29. The van der Waals surface area contributed by atoms with Gasteiger partial charge in [-0.15, -0.1) is 0 Å². The molecule has 0 spiro atoms. The smallest absolute Gasteiger partial charge is 0.214 e. The van der Waals surface area contributed by atoms with Gasteiger partial charge in [-0.1, -0.05) is 0 Å². The molecule has 0 bridgehead atoms. The Morgan fingerprint density at radius 3 is 2.74 bits per heavy atom. The Bertz CT molecular complexity index is 1730. The van der Waals surface area contributed by atoms with E-state index in [-0.39, 0.29) is 16.9 Å². The van der Waals surface area contributed by atoms with Gasteiger partial charge in [0.15, 0.2) is 16.9 Å². The number of hydrogen-bond acceptors (Lipinski definition) is 6. The predicted molar refractivity (Wildman–Crippen MR) is 130 cm³/mol. The summed E-state index contributed by atoms with van der Waals surface area (Å²) in [5, 5.41) is 15.1. The summed E-state index contributed by atoms with van der Waals surface area (Å²) in [6.45, 7) is 5.41. The van der Waals surface area contributed by atoms with E-state index < -0.39 is 12.1 Å². The van der Waals surface area contributed by atoms with E-state index in [2.05, 4.69) is 10.1 Å². The molecule has 0 aliphatic rings. The van der Waals surface area contributed by atoms with Crippen LogP contribution in [0, 0.1) is 31.1 Å². The summed E-state index contributed by atoms with van der Waals surface area (Å²) >= 11 is 0. The molecular formula is C27H21FN4O3. The van der Waals surface area contributed by atoms with E-state index >= 15 is 0 Å². The van der Waals surface area contributed by atoms with E-state index in [0.717, 1.165) is 28.1 Å². The number of halogens is 1. The lowest BCUT2D eigenvalue weighted by Gasteiger charge is -2.18. The zero-order valence-corrected chi connectivity index (χ0v) is 19.6. The molecule has 0 saturated heterocycles. The Hall–Kier alpha value is -4.51. The Morgan fingerprint density at radius 2 is 1.97 bits per heavy atom. The summed E-state index contributed by atoms with van der Waals surface area (Å²) in [5.41, 5.74) is 3.70. The molecule has 0 fully saturated rings. The van der Waals surface area contributed by atoms with Gasteiger partial charge >= 0.3 is 0 Å². The second kappa shape index (κ2) is 8.37. The van der Waals surface area contributed by atoms with Gasteiger partial charge in [0, 0.05) is 35.3 Å². The van der Waals surface area contributed by atoms with Crippen LogP contribution in [-0.2, 0) is 7.05 Å². The van der Waals surface area contributed by atoms with Crippen molar-refractivity contribution in [1.82, 2.24) is 14.8 Å². The van der Waals surface area contributed by atoms with Crippen molar-refractivity contribution >= 4 is 21.9 Å². The van der Waals surface area contributed by atoms with Crippen molar-refractivity contribution in [2.75, 3.05) is 0 Å². The highest BCUT2D eigenvalue weighted by atomic mass is 19.1. The second-order valence-corrected chi connectivity index (χ2v) is 8.55. The number of rotatable bonds is 4. The summed E-state index contributed by atoms with van der Waals surface area (Å²) in [7, 11) is 1.85. The third kappa shape index (κ3) is 3.91.